The highest BCUT2D eigenvalue weighted by Gasteiger charge is 2.30. The van der Waals surface area contributed by atoms with Gasteiger partial charge in [0.2, 0.25) is 0 Å². The van der Waals surface area contributed by atoms with Crippen LogP contribution in [0.1, 0.15) is 35.5 Å². The van der Waals surface area contributed by atoms with Crippen LogP contribution in [0.3, 0.4) is 0 Å². The van der Waals surface area contributed by atoms with Crippen molar-refractivity contribution in [1.82, 2.24) is 25.1 Å². The second-order valence-corrected chi connectivity index (χ2v) is 10.4. The number of halogens is 1. The topological polar surface area (TPSA) is 111 Å². The van der Waals surface area contributed by atoms with Crippen LogP contribution in [0.15, 0.2) is 47.2 Å². The van der Waals surface area contributed by atoms with Gasteiger partial charge in [0.25, 0.3) is 5.91 Å². The van der Waals surface area contributed by atoms with Crippen molar-refractivity contribution < 1.29 is 14.3 Å². The number of carbonyl (C=O) groups is 2. The van der Waals surface area contributed by atoms with Crippen molar-refractivity contribution in [2.75, 3.05) is 12.4 Å². The lowest BCUT2D eigenvalue weighted by Gasteiger charge is -2.15. The van der Waals surface area contributed by atoms with Crippen LogP contribution < -0.4 is 10.6 Å². The molecule has 0 saturated heterocycles. The summed E-state index contributed by atoms with van der Waals surface area (Å²) < 4.78 is 7.34. The number of benzene rings is 1. The molecule has 2 N–H and O–H groups in total. The van der Waals surface area contributed by atoms with Crippen molar-refractivity contribution in [1.29, 1.82) is 0 Å². The maximum absolute atomic E-state index is 12.5. The molecule has 0 unspecified atom stereocenters. The van der Waals surface area contributed by atoms with Crippen LogP contribution in [0.25, 0.3) is 27.5 Å². The van der Waals surface area contributed by atoms with E-state index in [0.717, 1.165) is 56.1 Å². The molecule has 5 rings (SSSR count). The molecule has 0 bridgehead atoms. The average Bonchev–Trinajstić information content (AvgIpc) is 3.45. The summed E-state index contributed by atoms with van der Waals surface area (Å²) >= 11 is 5.04. The number of nitrogens with one attached hydrogen (secondary N) is 2. The molecule has 0 spiro atoms. The number of fused-ring (bicyclic) bond motifs is 3. The molecule has 9 nitrogen and oxygen atoms in total. The van der Waals surface area contributed by atoms with Gasteiger partial charge in [0.05, 0.1) is 34.8 Å². The molecule has 4 aromatic rings. The number of nitrogens with zero attached hydrogens (tertiary/aromatic N) is 4. The summed E-state index contributed by atoms with van der Waals surface area (Å²) in [7, 11) is 1.32. The maximum atomic E-state index is 12.5. The van der Waals surface area contributed by atoms with Gasteiger partial charge in [-0.1, -0.05) is 11.3 Å². The number of pyridine rings is 1. The molecule has 0 saturated carbocycles. The number of carbonyl (C=O) groups excluding carboxylic acids is 2. The monoisotopic (exact) mass is 566 g/mol. The number of thiazole rings is 1. The number of anilines is 1. The number of hydrogen-bond acceptors (Lipinski definition) is 7. The largest absolute Gasteiger partial charge is 0.453 e. The quantitative estimate of drug-likeness (QED) is 0.342. The van der Waals surface area contributed by atoms with Gasteiger partial charge < -0.3 is 10.1 Å². The summed E-state index contributed by atoms with van der Waals surface area (Å²) in [6, 6.07) is 9.37. The zero-order valence-electron chi connectivity index (χ0n) is 19.8. The normalized spacial score (nSPS) is 12.1. The number of rotatable bonds is 5. The van der Waals surface area contributed by atoms with Crippen molar-refractivity contribution >= 4 is 44.4 Å². The van der Waals surface area contributed by atoms with Crippen LogP contribution in [-0.4, -0.2) is 44.9 Å². The number of hydrogen-bond donors (Lipinski definition) is 2. The van der Waals surface area contributed by atoms with Crippen molar-refractivity contribution in [3.8, 4) is 27.5 Å². The minimum atomic E-state index is -0.566. The summed E-state index contributed by atoms with van der Waals surface area (Å²) in [6.07, 6.45) is 4.42. The lowest BCUT2D eigenvalue weighted by atomic mass is 9.95. The predicted molar refractivity (Wildman–Crippen MR) is 142 cm³/mol. The fourth-order valence-corrected chi connectivity index (χ4v) is 5.74. The van der Waals surface area contributed by atoms with Crippen LogP contribution in [-0.2, 0) is 17.6 Å². The fraction of sp³-hybridized carbons (Fsp3) is 0.240. The van der Waals surface area contributed by atoms with Gasteiger partial charge in [0, 0.05) is 39.6 Å². The van der Waals surface area contributed by atoms with Gasteiger partial charge in [-0.25, -0.2) is 14.5 Å². The minimum Gasteiger partial charge on any atom is -0.453 e. The molecular formula is C25H23BrN6O3S. The van der Waals surface area contributed by atoms with Gasteiger partial charge >= 0.3 is 6.09 Å². The van der Waals surface area contributed by atoms with E-state index < -0.39 is 6.09 Å². The number of amides is 2. The molecular weight excluding hydrogens is 544 g/mol. The molecule has 0 radical (unpaired) electrons. The Bertz CT molecular complexity index is 1460. The highest BCUT2D eigenvalue weighted by Crippen LogP contribution is 2.44. The summed E-state index contributed by atoms with van der Waals surface area (Å²) in [5.74, 6) is -0.140. The van der Waals surface area contributed by atoms with Gasteiger partial charge in [-0.05, 0) is 73.0 Å². The number of aryl methyl sites for hydroxylation is 1. The second-order valence-electron chi connectivity index (χ2n) is 8.54. The van der Waals surface area contributed by atoms with Crippen molar-refractivity contribution in [2.24, 2.45) is 0 Å². The van der Waals surface area contributed by atoms with E-state index in [-0.39, 0.29) is 11.9 Å². The molecule has 3 aromatic heterocycles. The van der Waals surface area contributed by atoms with E-state index >= 15 is 0 Å². The Morgan fingerprint density at radius 3 is 2.75 bits per heavy atom. The van der Waals surface area contributed by atoms with Gasteiger partial charge in [-0.3, -0.25) is 15.1 Å². The molecule has 2 amide bonds. The summed E-state index contributed by atoms with van der Waals surface area (Å²) in [4.78, 5) is 34.2. The average molecular weight is 567 g/mol. The van der Waals surface area contributed by atoms with Crippen LogP contribution >= 0.6 is 27.3 Å². The maximum Gasteiger partial charge on any atom is 0.413 e. The highest BCUT2D eigenvalue weighted by molar-refractivity contribution is 9.10. The zero-order chi connectivity index (χ0) is 25.4. The molecule has 0 atom stereocenters. The molecule has 0 aliphatic heterocycles. The van der Waals surface area contributed by atoms with Crippen LogP contribution in [0.2, 0.25) is 0 Å². The standard InChI is InChI=1S/C25H23BrN6O3S/c1-13(2)28-23(33)14-6-9-19(17(26)11-14)32-21-16(20(31-32)15-5-4-10-27-12-15)7-8-18-22(21)36-24(29-18)30-25(34)35-3/h4-6,9-13H,7-8H2,1-3H3,(H,28,33)(H,29,30,34). The smallest absolute Gasteiger partial charge is 0.413 e. The molecule has 11 heteroatoms. The van der Waals surface area contributed by atoms with E-state index in [0.29, 0.717) is 10.7 Å². The lowest BCUT2D eigenvalue weighted by Crippen LogP contribution is -2.30. The summed E-state index contributed by atoms with van der Waals surface area (Å²) in [6.45, 7) is 3.85. The first kappa shape index (κ1) is 24.1. The van der Waals surface area contributed by atoms with E-state index in [1.54, 1.807) is 24.5 Å². The Kier molecular flexibility index (Phi) is 6.59. The van der Waals surface area contributed by atoms with Gasteiger partial charge in [-0.2, -0.15) is 5.10 Å². The third kappa shape index (κ3) is 4.51. The SMILES string of the molecule is COC(=O)Nc1nc2c(s1)-c1c(c(-c3cccnc3)nn1-c1ccc(C(=O)NC(C)C)cc1Br)CC2. The van der Waals surface area contributed by atoms with E-state index in [9.17, 15) is 9.59 Å². The van der Waals surface area contributed by atoms with E-state index in [1.165, 1.54) is 18.4 Å². The Morgan fingerprint density at radius 1 is 1.22 bits per heavy atom. The Labute approximate surface area is 220 Å². The van der Waals surface area contributed by atoms with Crippen LogP contribution in [0.4, 0.5) is 9.93 Å². The predicted octanol–water partition coefficient (Wildman–Crippen LogP) is 5.24. The Balaban J connectivity index is 1.66. The first-order chi connectivity index (χ1) is 17.4. The lowest BCUT2D eigenvalue weighted by molar-refractivity contribution is 0.0943. The number of ether oxygens (including phenoxy) is 1. The van der Waals surface area contributed by atoms with Gasteiger partial charge in [0.15, 0.2) is 5.13 Å². The van der Waals surface area contributed by atoms with E-state index in [1.807, 2.05) is 36.7 Å². The van der Waals surface area contributed by atoms with E-state index in [4.69, 9.17) is 9.84 Å². The third-order valence-corrected chi connectivity index (χ3v) is 7.35. The summed E-state index contributed by atoms with van der Waals surface area (Å²) in [5.41, 5.74) is 5.97. The minimum absolute atomic E-state index is 0.0358. The van der Waals surface area contributed by atoms with Crippen molar-refractivity contribution in [3.63, 3.8) is 0 Å². The van der Waals surface area contributed by atoms with E-state index in [2.05, 4.69) is 36.5 Å². The fourth-order valence-electron chi connectivity index (χ4n) is 4.14. The molecule has 1 aromatic carbocycles. The van der Waals surface area contributed by atoms with Crippen molar-refractivity contribution in [3.05, 3.63) is 64.0 Å². The molecule has 1 aliphatic rings. The molecule has 3 heterocycles. The second kappa shape index (κ2) is 9.82. The van der Waals surface area contributed by atoms with Crippen LogP contribution in [0.5, 0.6) is 0 Å². The Hall–Kier alpha value is -3.57. The molecule has 1 aliphatic carbocycles. The first-order valence-electron chi connectivity index (χ1n) is 11.3. The zero-order valence-corrected chi connectivity index (χ0v) is 22.2. The summed E-state index contributed by atoms with van der Waals surface area (Å²) in [5, 5.41) is 11.1. The molecule has 36 heavy (non-hydrogen) atoms. The molecule has 0 fully saturated rings. The first-order valence-corrected chi connectivity index (χ1v) is 12.9. The Morgan fingerprint density at radius 2 is 2.06 bits per heavy atom. The number of methoxy groups -OCH3 is 1. The molecule has 184 valence electrons. The van der Waals surface area contributed by atoms with Crippen LogP contribution in [0, 0.1) is 0 Å². The third-order valence-electron chi connectivity index (χ3n) is 5.69. The highest BCUT2D eigenvalue weighted by atomic mass is 79.9. The van der Waals surface area contributed by atoms with Gasteiger partial charge in [0.1, 0.15) is 0 Å². The number of aromatic nitrogens is 4. The van der Waals surface area contributed by atoms with Crippen molar-refractivity contribution in [2.45, 2.75) is 32.7 Å². The van der Waals surface area contributed by atoms with Gasteiger partial charge in [-0.15, -0.1) is 0 Å².